The van der Waals surface area contributed by atoms with Crippen LogP contribution in [0.3, 0.4) is 0 Å². The molecule has 4 nitrogen and oxygen atoms in total. The number of furan rings is 2. The van der Waals surface area contributed by atoms with Crippen LogP contribution in [-0.4, -0.2) is 4.57 Å². The van der Waals surface area contributed by atoms with Gasteiger partial charge in [0.25, 0.3) is 0 Å². The topological polar surface area (TPSA) is 34.5 Å². The monoisotopic (exact) mass is 512 g/mol. The van der Waals surface area contributed by atoms with E-state index in [-0.39, 0.29) is 0 Å². The minimum Gasteiger partial charge on any atom is -0.456 e. The summed E-state index contributed by atoms with van der Waals surface area (Å²) in [5.41, 5.74) is 10.6. The molecule has 0 N–H and O–H groups in total. The summed E-state index contributed by atoms with van der Waals surface area (Å²) in [5.74, 6) is 0. The van der Waals surface area contributed by atoms with Crippen molar-refractivity contribution in [3.8, 4) is 5.69 Å². The van der Waals surface area contributed by atoms with Gasteiger partial charge in [-0.3, -0.25) is 0 Å². The van der Waals surface area contributed by atoms with Gasteiger partial charge in [-0.25, -0.2) is 0 Å². The van der Waals surface area contributed by atoms with Crippen molar-refractivity contribution < 1.29 is 8.83 Å². The van der Waals surface area contributed by atoms with Crippen molar-refractivity contribution in [2.45, 2.75) is 0 Å². The molecule has 0 saturated heterocycles. The van der Waals surface area contributed by atoms with Crippen LogP contribution < -0.4 is 4.90 Å². The molecule has 4 heteroatoms. The highest BCUT2D eigenvalue weighted by atomic mass is 16.3. The molecule has 40 heavy (non-hydrogen) atoms. The molecular weight excluding hydrogens is 492 g/mol. The smallest absolute Gasteiger partial charge is 0.136 e. The summed E-state index contributed by atoms with van der Waals surface area (Å²) in [6.07, 6.45) is 0. The summed E-state index contributed by atoms with van der Waals surface area (Å²) in [5, 5.41) is 6.94. The standard InChI is InChI=1S/C36H20N2O2/c1-5-14-32-22(8-1)26-18-21(16-17-34(26)39-32)37-28-11-3-4-12-29(28)38-31-19-27-23-9-2-6-15-33(23)40-35(27)20-25(31)24-10-7-13-30(37)36(24)38/h1-20H. The molecule has 0 atom stereocenters. The van der Waals surface area contributed by atoms with Crippen molar-refractivity contribution in [1.29, 1.82) is 0 Å². The molecule has 1 aliphatic rings. The highest BCUT2D eigenvalue weighted by molar-refractivity contribution is 6.21. The molecule has 0 saturated carbocycles. The van der Waals surface area contributed by atoms with E-state index in [2.05, 4.69) is 107 Å². The van der Waals surface area contributed by atoms with E-state index in [9.17, 15) is 0 Å². The number of benzene rings is 6. The van der Waals surface area contributed by atoms with Crippen LogP contribution in [0.1, 0.15) is 0 Å². The average molecular weight is 513 g/mol. The third kappa shape index (κ3) is 2.46. The first-order chi connectivity index (χ1) is 19.8. The van der Waals surface area contributed by atoms with E-state index in [1.54, 1.807) is 0 Å². The van der Waals surface area contributed by atoms with Gasteiger partial charge in [0.05, 0.1) is 28.1 Å². The lowest BCUT2D eigenvalue weighted by Gasteiger charge is -2.33. The number of nitrogens with zero attached hydrogens (tertiary/aromatic N) is 2. The second-order valence-corrected chi connectivity index (χ2v) is 10.6. The van der Waals surface area contributed by atoms with Gasteiger partial charge in [-0.05, 0) is 60.7 Å². The molecule has 1 aliphatic heterocycles. The lowest BCUT2D eigenvalue weighted by atomic mass is 10.1. The van der Waals surface area contributed by atoms with Crippen LogP contribution in [-0.2, 0) is 0 Å². The van der Waals surface area contributed by atoms with E-state index in [0.29, 0.717) is 0 Å². The first-order valence-corrected chi connectivity index (χ1v) is 13.5. The van der Waals surface area contributed by atoms with Gasteiger partial charge < -0.3 is 18.3 Å². The summed E-state index contributed by atoms with van der Waals surface area (Å²) in [6.45, 7) is 0. The minimum absolute atomic E-state index is 0.900. The Morgan fingerprint density at radius 3 is 1.85 bits per heavy atom. The number of anilines is 3. The maximum atomic E-state index is 6.30. The fraction of sp³-hybridized carbons (Fsp3) is 0. The molecular formula is C36H20N2O2. The van der Waals surface area contributed by atoms with Crippen LogP contribution in [0, 0.1) is 0 Å². The number of hydrogen-bond donors (Lipinski definition) is 0. The normalized spacial score (nSPS) is 12.9. The van der Waals surface area contributed by atoms with Gasteiger partial charge in [-0.2, -0.15) is 0 Å². The van der Waals surface area contributed by atoms with Gasteiger partial charge in [0, 0.05) is 38.0 Å². The summed E-state index contributed by atoms with van der Waals surface area (Å²) in [7, 11) is 0. The van der Waals surface area contributed by atoms with Gasteiger partial charge in [0.1, 0.15) is 22.3 Å². The zero-order valence-electron chi connectivity index (χ0n) is 21.3. The summed E-state index contributed by atoms with van der Waals surface area (Å²) in [4.78, 5) is 2.39. The van der Waals surface area contributed by atoms with Gasteiger partial charge >= 0.3 is 0 Å². The number of para-hydroxylation sites is 5. The molecule has 0 bridgehead atoms. The zero-order valence-corrected chi connectivity index (χ0v) is 21.3. The number of hydrogen-bond acceptors (Lipinski definition) is 3. The highest BCUT2D eigenvalue weighted by Crippen LogP contribution is 2.50. The van der Waals surface area contributed by atoms with E-state index in [0.717, 1.165) is 66.6 Å². The largest absolute Gasteiger partial charge is 0.456 e. The van der Waals surface area contributed by atoms with Crippen molar-refractivity contribution in [3.63, 3.8) is 0 Å². The van der Waals surface area contributed by atoms with Crippen LogP contribution in [0.4, 0.5) is 17.1 Å². The van der Waals surface area contributed by atoms with Gasteiger partial charge in [0.15, 0.2) is 0 Å². The lowest BCUT2D eigenvalue weighted by molar-refractivity contribution is 0.668. The molecule has 0 unspecified atom stereocenters. The van der Waals surface area contributed by atoms with Crippen molar-refractivity contribution >= 4 is 82.7 Å². The Bertz CT molecular complexity index is 2510. The van der Waals surface area contributed by atoms with Crippen LogP contribution in [0.5, 0.6) is 0 Å². The predicted molar refractivity (Wildman–Crippen MR) is 164 cm³/mol. The summed E-state index contributed by atoms with van der Waals surface area (Å²) < 4.78 is 14.9. The first-order valence-electron chi connectivity index (χ1n) is 13.5. The second kappa shape index (κ2) is 7.13. The second-order valence-electron chi connectivity index (χ2n) is 10.6. The molecule has 0 aliphatic carbocycles. The summed E-state index contributed by atoms with van der Waals surface area (Å²) >= 11 is 0. The SMILES string of the molecule is c1ccc2c(c1)N(c1ccc3oc4ccccc4c3c1)c1cccc3c4cc5oc6ccccc6c5cc4n-2c13. The number of fused-ring (bicyclic) bond motifs is 11. The van der Waals surface area contributed by atoms with E-state index in [1.165, 1.54) is 21.8 Å². The Kier molecular flexibility index (Phi) is 3.65. The van der Waals surface area contributed by atoms with Gasteiger partial charge in [0.2, 0.25) is 0 Å². The molecule has 186 valence electrons. The molecule has 0 spiro atoms. The van der Waals surface area contributed by atoms with Crippen LogP contribution in [0.2, 0.25) is 0 Å². The Morgan fingerprint density at radius 2 is 1.02 bits per heavy atom. The molecule has 3 aromatic heterocycles. The van der Waals surface area contributed by atoms with E-state index in [4.69, 9.17) is 8.83 Å². The zero-order chi connectivity index (χ0) is 25.9. The maximum Gasteiger partial charge on any atom is 0.136 e. The third-order valence-electron chi connectivity index (χ3n) is 8.49. The third-order valence-corrected chi connectivity index (χ3v) is 8.49. The summed E-state index contributed by atoms with van der Waals surface area (Å²) in [6, 6.07) is 42.9. The molecule has 6 aromatic carbocycles. The van der Waals surface area contributed by atoms with Crippen molar-refractivity contribution in [2.24, 2.45) is 0 Å². The van der Waals surface area contributed by atoms with Crippen molar-refractivity contribution in [1.82, 2.24) is 4.57 Å². The molecule has 0 radical (unpaired) electrons. The highest BCUT2D eigenvalue weighted by Gasteiger charge is 2.29. The van der Waals surface area contributed by atoms with Crippen LogP contribution >= 0.6 is 0 Å². The Morgan fingerprint density at radius 1 is 0.400 bits per heavy atom. The molecule has 0 amide bonds. The molecule has 10 rings (SSSR count). The van der Waals surface area contributed by atoms with E-state index in [1.807, 2.05) is 24.3 Å². The van der Waals surface area contributed by atoms with Gasteiger partial charge in [-0.1, -0.05) is 60.7 Å². The Balaban J connectivity index is 1.32. The fourth-order valence-electron chi connectivity index (χ4n) is 6.80. The van der Waals surface area contributed by atoms with Crippen LogP contribution in [0.25, 0.3) is 71.4 Å². The lowest BCUT2D eigenvalue weighted by Crippen LogP contribution is -2.17. The van der Waals surface area contributed by atoms with Crippen LogP contribution in [0.15, 0.2) is 130 Å². The quantitative estimate of drug-likeness (QED) is 0.219. The van der Waals surface area contributed by atoms with E-state index < -0.39 is 0 Å². The minimum atomic E-state index is 0.900. The first kappa shape index (κ1) is 20.5. The number of aromatic nitrogens is 1. The number of rotatable bonds is 1. The predicted octanol–water partition coefficient (Wildman–Crippen LogP) is 10.4. The van der Waals surface area contributed by atoms with Crippen molar-refractivity contribution in [3.05, 3.63) is 121 Å². The molecule has 0 fully saturated rings. The maximum absolute atomic E-state index is 6.30. The van der Waals surface area contributed by atoms with E-state index >= 15 is 0 Å². The fourth-order valence-corrected chi connectivity index (χ4v) is 6.80. The Labute approximate surface area is 227 Å². The Hall–Kier alpha value is -5.48. The molecule has 4 heterocycles. The van der Waals surface area contributed by atoms with Gasteiger partial charge in [-0.15, -0.1) is 0 Å². The van der Waals surface area contributed by atoms with Crippen molar-refractivity contribution in [2.75, 3.05) is 4.90 Å². The average Bonchev–Trinajstić information content (AvgIpc) is 3.66. The molecule has 9 aromatic rings.